The Hall–Kier alpha value is -1.43. The van der Waals surface area contributed by atoms with Gasteiger partial charge in [-0.25, -0.2) is 4.98 Å². The Morgan fingerprint density at radius 3 is 2.50 bits per heavy atom. The summed E-state index contributed by atoms with van der Waals surface area (Å²) < 4.78 is 0. The summed E-state index contributed by atoms with van der Waals surface area (Å²) in [5, 5.41) is 0. The number of nitrogens with zero attached hydrogens (tertiary/aromatic N) is 1. The minimum absolute atomic E-state index is 0.475. The summed E-state index contributed by atoms with van der Waals surface area (Å²) >= 11 is 0. The predicted molar refractivity (Wildman–Crippen MR) is 42.3 cm³/mol. The van der Waals surface area contributed by atoms with Gasteiger partial charge in [-0.3, -0.25) is 0 Å². The van der Waals surface area contributed by atoms with Gasteiger partial charge >= 0.3 is 0 Å². The Labute approximate surface area is 60.7 Å². The van der Waals surface area contributed by atoms with Gasteiger partial charge in [0, 0.05) is 0 Å². The van der Waals surface area contributed by atoms with Crippen LogP contribution in [0.3, 0.4) is 0 Å². The van der Waals surface area contributed by atoms with Crippen molar-refractivity contribution in [3.63, 3.8) is 0 Å². The number of terminal acetylenes is 1. The van der Waals surface area contributed by atoms with Crippen LogP contribution in [0.25, 0.3) is 0 Å². The Morgan fingerprint density at radius 1 is 1.70 bits per heavy atom. The lowest BCUT2D eigenvalue weighted by atomic mass is 10.7. The molecule has 10 heavy (non-hydrogen) atoms. The molecular formula is C7H11N3. The van der Waals surface area contributed by atoms with Gasteiger partial charge < -0.3 is 10.7 Å². The maximum atomic E-state index is 5.24. The van der Waals surface area contributed by atoms with Gasteiger partial charge in [0.2, 0.25) is 0 Å². The maximum absolute atomic E-state index is 5.24. The van der Waals surface area contributed by atoms with Crippen LogP contribution >= 0.6 is 0 Å². The third-order valence-electron chi connectivity index (χ3n) is 0.732. The first-order valence-electron chi connectivity index (χ1n) is 3.10. The van der Waals surface area contributed by atoms with Crippen LogP contribution < -0.4 is 5.73 Å². The van der Waals surface area contributed by atoms with Crippen LogP contribution in [0.15, 0.2) is 6.20 Å². The summed E-state index contributed by atoms with van der Waals surface area (Å²) in [7, 11) is 0. The molecule has 0 aromatic carbocycles. The van der Waals surface area contributed by atoms with Crippen LogP contribution in [0.4, 0.5) is 5.82 Å². The second-order valence-corrected chi connectivity index (χ2v) is 1.33. The molecule has 0 unspecified atom stereocenters. The van der Waals surface area contributed by atoms with E-state index in [0.29, 0.717) is 11.6 Å². The number of nitrogens with one attached hydrogen (secondary N) is 1. The SMILES string of the molecule is C#Cc1ncc(N)[nH]1.CC. The molecule has 1 aromatic heterocycles. The Kier molecular flexibility index (Phi) is 3.81. The van der Waals surface area contributed by atoms with Gasteiger partial charge in [-0.15, -0.1) is 6.42 Å². The third kappa shape index (κ3) is 2.23. The molecule has 0 aliphatic carbocycles. The number of hydrogen-bond acceptors (Lipinski definition) is 2. The van der Waals surface area contributed by atoms with Crippen LogP contribution in [0.1, 0.15) is 19.7 Å². The molecule has 1 aromatic rings. The van der Waals surface area contributed by atoms with Gasteiger partial charge in [0.15, 0.2) is 5.82 Å². The second-order valence-electron chi connectivity index (χ2n) is 1.33. The molecule has 3 heteroatoms. The van der Waals surface area contributed by atoms with Crippen molar-refractivity contribution in [2.45, 2.75) is 13.8 Å². The van der Waals surface area contributed by atoms with Crippen molar-refractivity contribution in [3.05, 3.63) is 12.0 Å². The molecule has 3 N–H and O–H groups in total. The van der Waals surface area contributed by atoms with Crippen molar-refractivity contribution in [3.8, 4) is 12.3 Å². The summed E-state index contributed by atoms with van der Waals surface area (Å²) in [5.74, 6) is 3.27. The van der Waals surface area contributed by atoms with Gasteiger partial charge in [0.1, 0.15) is 5.82 Å². The van der Waals surface area contributed by atoms with Crippen molar-refractivity contribution >= 4 is 5.82 Å². The highest BCUT2D eigenvalue weighted by Gasteiger charge is 1.87. The zero-order chi connectivity index (χ0) is 7.98. The lowest BCUT2D eigenvalue weighted by Crippen LogP contribution is -1.82. The molecule has 0 radical (unpaired) electrons. The zero-order valence-corrected chi connectivity index (χ0v) is 6.18. The molecule has 0 aliphatic rings. The number of aromatic amines is 1. The second kappa shape index (κ2) is 4.45. The van der Waals surface area contributed by atoms with E-state index in [1.807, 2.05) is 13.8 Å². The predicted octanol–water partition coefficient (Wildman–Crippen LogP) is 0.999. The number of nitrogen functional groups attached to an aromatic ring is 1. The van der Waals surface area contributed by atoms with Crippen LogP contribution in [0.5, 0.6) is 0 Å². The molecule has 1 rings (SSSR count). The van der Waals surface area contributed by atoms with Gasteiger partial charge in [-0.1, -0.05) is 13.8 Å². The average Bonchev–Trinajstić information content (AvgIpc) is 2.40. The van der Waals surface area contributed by atoms with Gasteiger partial charge in [-0.05, 0) is 5.92 Å². The lowest BCUT2D eigenvalue weighted by molar-refractivity contribution is 1.26. The van der Waals surface area contributed by atoms with Crippen molar-refractivity contribution < 1.29 is 0 Å². The first-order valence-corrected chi connectivity index (χ1v) is 3.10. The third-order valence-corrected chi connectivity index (χ3v) is 0.732. The van der Waals surface area contributed by atoms with E-state index in [9.17, 15) is 0 Å². The minimum Gasteiger partial charge on any atom is -0.384 e. The normalized spacial score (nSPS) is 7.30. The van der Waals surface area contributed by atoms with E-state index in [2.05, 4.69) is 15.9 Å². The molecule has 0 aliphatic heterocycles. The van der Waals surface area contributed by atoms with Crippen molar-refractivity contribution in [2.75, 3.05) is 5.73 Å². The number of anilines is 1. The maximum Gasteiger partial charge on any atom is 0.183 e. The summed E-state index contributed by atoms with van der Waals surface area (Å²) in [6, 6.07) is 0. The zero-order valence-electron chi connectivity index (χ0n) is 6.18. The Morgan fingerprint density at radius 2 is 2.30 bits per heavy atom. The van der Waals surface area contributed by atoms with E-state index in [1.165, 1.54) is 6.20 Å². The Balaban J connectivity index is 0.000000371. The van der Waals surface area contributed by atoms with Gasteiger partial charge in [0.25, 0.3) is 0 Å². The monoisotopic (exact) mass is 137 g/mol. The Bertz CT molecular complexity index is 219. The standard InChI is InChI=1S/C5H5N3.C2H6/c1-2-5-7-3-4(6)8-5;1-2/h1,3H,6H2,(H,7,8);1-2H3. The fraction of sp³-hybridized carbons (Fsp3) is 0.286. The first-order chi connectivity index (χ1) is 4.83. The molecule has 0 saturated carbocycles. The number of nitrogens with two attached hydrogens (primary N) is 1. The number of rotatable bonds is 0. The molecule has 0 saturated heterocycles. The molecule has 0 amide bonds. The molecular weight excluding hydrogens is 126 g/mol. The van der Waals surface area contributed by atoms with Crippen molar-refractivity contribution in [1.29, 1.82) is 0 Å². The number of H-pyrrole nitrogens is 1. The largest absolute Gasteiger partial charge is 0.384 e. The van der Waals surface area contributed by atoms with Crippen LogP contribution in [-0.2, 0) is 0 Å². The molecule has 54 valence electrons. The fourth-order valence-electron chi connectivity index (χ4n) is 0.409. The minimum atomic E-state index is 0.475. The van der Waals surface area contributed by atoms with Gasteiger partial charge in [0.05, 0.1) is 6.20 Å². The van der Waals surface area contributed by atoms with E-state index in [1.54, 1.807) is 0 Å². The highest BCUT2D eigenvalue weighted by Crippen LogP contribution is 1.93. The number of aromatic nitrogens is 2. The van der Waals surface area contributed by atoms with E-state index in [4.69, 9.17) is 12.2 Å². The molecule has 0 fully saturated rings. The van der Waals surface area contributed by atoms with Crippen LogP contribution in [0.2, 0.25) is 0 Å². The highest BCUT2D eigenvalue weighted by molar-refractivity contribution is 5.30. The molecule has 3 nitrogen and oxygen atoms in total. The molecule has 0 spiro atoms. The van der Waals surface area contributed by atoms with Crippen molar-refractivity contribution in [2.24, 2.45) is 0 Å². The van der Waals surface area contributed by atoms with Crippen LogP contribution in [-0.4, -0.2) is 9.97 Å². The first kappa shape index (κ1) is 8.57. The summed E-state index contributed by atoms with van der Waals surface area (Å²) in [6.45, 7) is 4.00. The molecule has 0 atom stereocenters. The van der Waals surface area contributed by atoms with E-state index >= 15 is 0 Å². The highest BCUT2D eigenvalue weighted by atomic mass is 15.0. The topological polar surface area (TPSA) is 54.7 Å². The quantitative estimate of drug-likeness (QED) is 0.524. The van der Waals surface area contributed by atoms with E-state index in [-0.39, 0.29) is 0 Å². The lowest BCUT2D eigenvalue weighted by Gasteiger charge is -1.75. The molecule has 1 heterocycles. The summed E-state index contributed by atoms with van der Waals surface area (Å²) in [4.78, 5) is 6.37. The van der Waals surface area contributed by atoms with E-state index in [0.717, 1.165) is 0 Å². The smallest absolute Gasteiger partial charge is 0.183 e. The van der Waals surface area contributed by atoms with E-state index < -0.39 is 0 Å². The number of imidazole rings is 1. The number of hydrogen-bond donors (Lipinski definition) is 2. The summed E-state index contributed by atoms with van der Waals surface area (Å²) in [5.41, 5.74) is 5.24. The van der Waals surface area contributed by atoms with Crippen LogP contribution in [0, 0.1) is 12.3 Å². The average molecular weight is 137 g/mol. The fourth-order valence-corrected chi connectivity index (χ4v) is 0.409. The van der Waals surface area contributed by atoms with Gasteiger partial charge in [-0.2, -0.15) is 0 Å². The van der Waals surface area contributed by atoms with Crippen molar-refractivity contribution in [1.82, 2.24) is 9.97 Å². The summed E-state index contributed by atoms with van der Waals surface area (Å²) in [6.07, 6.45) is 6.45. The molecule has 0 bridgehead atoms.